The molecule has 0 aliphatic rings. The molecule has 50 heavy (non-hydrogen) atoms. The molecule has 0 aliphatic carbocycles. The van der Waals surface area contributed by atoms with Crippen molar-refractivity contribution in [2.45, 2.75) is 0 Å². The second-order valence-corrected chi connectivity index (χ2v) is 12.9. The molecule has 0 unspecified atom stereocenters. The van der Waals surface area contributed by atoms with Crippen LogP contribution in [0, 0.1) is 0 Å². The Morgan fingerprint density at radius 1 is 0.360 bits per heavy atom. The van der Waals surface area contributed by atoms with E-state index in [1.807, 2.05) is 24.3 Å². The lowest BCUT2D eigenvalue weighted by Crippen LogP contribution is -2.09. The highest BCUT2D eigenvalue weighted by atomic mass is 16.3. The SMILES string of the molecule is c1ccc(-n2c3ccc(N(c4ccc5c(c4)oc4ccccc45)c4ccc5c(c4)oc4ccccc45)cc3c3ccc4ccccc4c32)cc1. The number of para-hydroxylation sites is 3. The molecule has 0 amide bonds. The van der Waals surface area contributed by atoms with Gasteiger partial charge < -0.3 is 18.3 Å². The first-order valence-corrected chi connectivity index (χ1v) is 16.9. The minimum atomic E-state index is 0.853. The Kier molecular flexibility index (Phi) is 5.63. The van der Waals surface area contributed by atoms with Gasteiger partial charge in [0.15, 0.2) is 0 Å². The smallest absolute Gasteiger partial charge is 0.137 e. The molecule has 0 aliphatic heterocycles. The van der Waals surface area contributed by atoms with E-state index in [-0.39, 0.29) is 0 Å². The van der Waals surface area contributed by atoms with Crippen molar-refractivity contribution in [2.75, 3.05) is 4.90 Å². The van der Waals surface area contributed by atoms with Gasteiger partial charge in [0.05, 0.1) is 11.0 Å². The number of fused-ring (bicyclic) bond motifs is 11. The summed E-state index contributed by atoms with van der Waals surface area (Å²) in [7, 11) is 0. The van der Waals surface area contributed by atoms with Crippen molar-refractivity contribution in [1.82, 2.24) is 4.57 Å². The highest BCUT2D eigenvalue weighted by molar-refractivity contribution is 6.19. The van der Waals surface area contributed by atoms with Crippen LogP contribution in [-0.2, 0) is 0 Å². The summed E-state index contributed by atoms with van der Waals surface area (Å²) >= 11 is 0. The number of benzene rings is 8. The first kappa shape index (κ1) is 27.2. The van der Waals surface area contributed by atoms with Crippen LogP contribution in [-0.4, -0.2) is 4.57 Å². The molecule has 11 rings (SSSR count). The zero-order chi connectivity index (χ0) is 32.8. The van der Waals surface area contributed by atoms with Gasteiger partial charge in [-0.2, -0.15) is 0 Å². The topological polar surface area (TPSA) is 34.5 Å². The summed E-state index contributed by atoms with van der Waals surface area (Å²) < 4.78 is 15.2. The Bertz CT molecular complexity index is 3000. The first-order valence-electron chi connectivity index (χ1n) is 16.9. The predicted octanol–water partition coefficient (Wildman–Crippen LogP) is 13.2. The van der Waals surface area contributed by atoms with Crippen LogP contribution in [0.1, 0.15) is 0 Å². The fourth-order valence-corrected chi connectivity index (χ4v) is 7.91. The van der Waals surface area contributed by atoms with Crippen LogP contribution in [0.2, 0.25) is 0 Å². The second-order valence-electron chi connectivity index (χ2n) is 12.9. The van der Waals surface area contributed by atoms with Gasteiger partial charge in [-0.25, -0.2) is 0 Å². The van der Waals surface area contributed by atoms with Crippen LogP contribution in [0.4, 0.5) is 17.1 Å². The lowest BCUT2D eigenvalue weighted by molar-refractivity contribution is 0.669. The number of hydrogen-bond acceptors (Lipinski definition) is 3. The lowest BCUT2D eigenvalue weighted by atomic mass is 10.0. The molecule has 0 N–H and O–H groups in total. The summed E-state index contributed by atoms with van der Waals surface area (Å²) in [5, 5.41) is 9.29. The molecule has 0 saturated carbocycles. The van der Waals surface area contributed by atoms with Crippen molar-refractivity contribution < 1.29 is 8.83 Å². The van der Waals surface area contributed by atoms with Gasteiger partial charge in [-0.05, 0) is 72.1 Å². The van der Waals surface area contributed by atoms with E-state index in [2.05, 4.69) is 155 Å². The summed E-state index contributed by atoms with van der Waals surface area (Å²) in [5.41, 5.74) is 10.0. The van der Waals surface area contributed by atoms with E-state index in [1.54, 1.807) is 0 Å². The molecule has 0 atom stereocenters. The number of hydrogen-bond donors (Lipinski definition) is 0. The largest absolute Gasteiger partial charge is 0.456 e. The second kappa shape index (κ2) is 10.4. The zero-order valence-electron chi connectivity index (χ0n) is 26.9. The van der Waals surface area contributed by atoms with E-state index in [0.717, 1.165) is 72.1 Å². The Labute approximate surface area is 286 Å². The van der Waals surface area contributed by atoms with Crippen LogP contribution in [0.25, 0.3) is 82.1 Å². The Morgan fingerprint density at radius 3 is 1.56 bits per heavy atom. The number of nitrogens with zero attached hydrogens (tertiary/aromatic N) is 2. The number of anilines is 3. The first-order chi connectivity index (χ1) is 24.8. The summed E-state index contributed by atoms with van der Waals surface area (Å²) in [5.74, 6) is 0. The molecule has 0 radical (unpaired) electrons. The molecule has 4 heteroatoms. The van der Waals surface area contributed by atoms with Crippen LogP contribution >= 0.6 is 0 Å². The highest BCUT2D eigenvalue weighted by Gasteiger charge is 2.21. The van der Waals surface area contributed by atoms with Gasteiger partial charge in [0.2, 0.25) is 0 Å². The normalized spacial score (nSPS) is 12.0. The van der Waals surface area contributed by atoms with Crippen LogP contribution in [0.15, 0.2) is 179 Å². The summed E-state index contributed by atoms with van der Waals surface area (Å²) in [4.78, 5) is 2.31. The standard InChI is InChI=1S/C46H28N2O2/c1-2-11-30(12-3-1)48-41-25-21-31(26-40(41)39-22-18-29-10-4-5-13-34(29)46(39)48)47(32-19-23-37-35-14-6-8-16-42(35)49-44(37)27-32)33-20-24-38-36-15-7-9-17-43(36)50-45(38)28-33/h1-28H. The van der Waals surface area contributed by atoms with Crippen molar-refractivity contribution in [3.05, 3.63) is 170 Å². The molecule has 3 heterocycles. The van der Waals surface area contributed by atoms with E-state index < -0.39 is 0 Å². The van der Waals surface area contributed by atoms with Gasteiger partial charge >= 0.3 is 0 Å². The molecule has 11 aromatic rings. The summed E-state index contributed by atoms with van der Waals surface area (Å²) in [6, 6.07) is 60.2. The maximum absolute atomic E-state index is 6.40. The Morgan fingerprint density at radius 2 is 0.880 bits per heavy atom. The van der Waals surface area contributed by atoms with E-state index >= 15 is 0 Å². The molecule has 0 spiro atoms. The van der Waals surface area contributed by atoms with E-state index in [1.165, 1.54) is 27.1 Å². The third-order valence-corrected chi connectivity index (χ3v) is 10.1. The number of rotatable bonds is 4. The summed E-state index contributed by atoms with van der Waals surface area (Å²) in [6.45, 7) is 0. The fraction of sp³-hybridized carbons (Fsp3) is 0. The van der Waals surface area contributed by atoms with Gasteiger partial charge in [0.1, 0.15) is 22.3 Å². The molecule has 4 nitrogen and oxygen atoms in total. The number of furan rings is 2. The third kappa shape index (κ3) is 3.93. The molecule has 0 fully saturated rings. The van der Waals surface area contributed by atoms with Crippen molar-refractivity contribution in [1.29, 1.82) is 0 Å². The van der Waals surface area contributed by atoms with Gasteiger partial charge in [-0.3, -0.25) is 0 Å². The predicted molar refractivity (Wildman–Crippen MR) is 208 cm³/mol. The quantitative estimate of drug-likeness (QED) is 0.192. The number of aromatic nitrogens is 1. The Hall–Kier alpha value is -6.78. The lowest BCUT2D eigenvalue weighted by Gasteiger charge is -2.25. The van der Waals surface area contributed by atoms with Gasteiger partial charge in [0, 0.05) is 72.6 Å². The van der Waals surface area contributed by atoms with Gasteiger partial charge in [-0.1, -0.05) is 91.0 Å². The van der Waals surface area contributed by atoms with E-state index in [0.29, 0.717) is 0 Å². The molecule has 0 saturated heterocycles. The van der Waals surface area contributed by atoms with Crippen molar-refractivity contribution in [2.24, 2.45) is 0 Å². The molecule has 3 aromatic heterocycles. The molecular formula is C46H28N2O2. The average molecular weight is 641 g/mol. The maximum atomic E-state index is 6.40. The van der Waals surface area contributed by atoms with Crippen LogP contribution < -0.4 is 4.90 Å². The van der Waals surface area contributed by atoms with Crippen LogP contribution in [0.5, 0.6) is 0 Å². The van der Waals surface area contributed by atoms with Crippen molar-refractivity contribution in [3.63, 3.8) is 0 Å². The molecule has 0 bridgehead atoms. The van der Waals surface area contributed by atoms with Gasteiger partial charge in [0.25, 0.3) is 0 Å². The highest BCUT2D eigenvalue weighted by Crippen LogP contribution is 2.44. The van der Waals surface area contributed by atoms with Crippen molar-refractivity contribution in [3.8, 4) is 5.69 Å². The minimum absolute atomic E-state index is 0.853. The van der Waals surface area contributed by atoms with Crippen LogP contribution in [0.3, 0.4) is 0 Å². The summed E-state index contributed by atoms with van der Waals surface area (Å²) in [6.07, 6.45) is 0. The molecular weight excluding hydrogens is 613 g/mol. The average Bonchev–Trinajstić information content (AvgIpc) is 3.84. The molecule has 234 valence electrons. The van der Waals surface area contributed by atoms with Gasteiger partial charge in [-0.15, -0.1) is 0 Å². The van der Waals surface area contributed by atoms with Crippen molar-refractivity contribution >= 4 is 93.5 Å². The fourth-order valence-electron chi connectivity index (χ4n) is 7.91. The maximum Gasteiger partial charge on any atom is 0.137 e. The van der Waals surface area contributed by atoms with E-state index in [9.17, 15) is 0 Å². The van der Waals surface area contributed by atoms with E-state index in [4.69, 9.17) is 8.83 Å². The monoisotopic (exact) mass is 640 g/mol. The minimum Gasteiger partial charge on any atom is -0.456 e. The Balaban J connectivity index is 1.19. The zero-order valence-corrected chi connectivity index (χ0v) is 26.9. The third-order valence-electron chi connectivity index (χ3n) is 10.1. The molecule has 8 aromatic carbocycles.